The molecule has 0 atom stereocenters. The van der Waals surface area contributed by atoms with Crippen LogP contribution in [0.15, 0.2) is 0 Å². The second-order valence-corrected chi connectivity index (χ2v) is 6.47. The highest BCUT2D eigenvalue weighted by atomic mass is 16.4. The molecule has 0 aromatic carbocycles. The zero-order valence-corrected chi connectivity index (χ0v) is 13.1. The molecule has 0 amide bonds. The number of rotatable bonds is 11. The van der Waals surface area contributed by atoms with Gasteiger partial charge in [0.1, 0.15) is 0 Å². The van der Waals surface area contributed by atoms with E-state index >= 15 is 0 Å². The van der Waals surface area contributed by atoms with Crippen LogP contribution >= 0.6 is 0 Å². The number of aliphatic carboxylic acids is 1. The largest absolute Gasteiger partial charge is 0.477 e. The summed E-state index contributed by atoms with van der Waals surface area (Å²) >= 11 is 0. The van der Waals surface area contributed by atoms with Crippen LogP contribution in [0.3, 0.4) is 0 Å². The minimum Gasteiger partial charge on any atom is -0.477 e. The maximum Gasteiger partial charge on any atom is 0.365 e. The second-order valence-electron chi connectivity index (χ2n) is 6.47. The van der Waals surface area contributed by atoms with Gasteiger partial charge in [-0.2, -0.15) is 0 Å². The summed E-state index contributed by atoms with van der Waals surface area (Å²) in [5, 5.41) is 17.9. The molecule has 0 radical (unpaired) electrons. The van der Waals surface area contributed by atoms with Gasteiger partial charge in [-0.3, -0.25) is 0 Å². The van der Waals surface area contributed by atoms with Crippen molar-refractivity contribution >= 4 is 5.97 Å². The van der Waals surface area contributed by atoms with Gasteiger partial charge >= 0.3 is 5.97 Å². The third kappa shape index (κ3) is 6.39. The maximum absolute atomic E-state index is 11.3. The number of quaternary nitrogens is 1. The Kier molecular flexibility index (Phi) is 8.26. The Balaban J connectivity index is 3.79. The van der Waals surface area contributed by atoms with Gasteiger partial charge in [-0.15, -0.1) is 0 Å². The highest BCUT2D eigenvalue weighted by Gasteiger charge is 2.43. The molecular weight excluding hydrogens is 242 g/mol. The van der Waals surface area contributed by atoms with Crippen molar-refractivity contribution in [3.05, 3.63) is 0 Å². The van der Waals surface area contributed by atoms with Gasteiger partial charge in [-0.05, 0) is 19.3 Å². The first kappa shape index (κ1) is 18.4. The van der Waals surface area contributed by atoms with Gasteiger partial charge in [-0.1, -0.05) is 25.7 Å². The number of aliphatic hydroxyl groups is 1. The number of aliphatic hydroxyl groups excluding tert-OH is 1. The zero-order chi connectivity index (χ0) is 14.9. The van der Waals surface area contributed by atoms with Gasteiger partial charge in [0.2, 0.25) is 0 Å². The van der Waals surface area contributed by atoms with Crippen molar-refractivity contribution in [2.24, 2.45) is 0 Å². The van der Waals surface area contributed by atoms with Crippen LogP contribution in [-0.4, -0.2) is 53.5 Å². The van der Waals surface area contributed by atoms with Gasteiger partial charge in [0.25, 0.3) is 0 Å². The van der Waals surface area contributed by atoms with Gasteiger partial charge in [0.15, 0.2) is 5.54 Å². The molecule has 0 aliphatic heterocycles. The molecule has 0 saturated carbocycles. The number of carboxylic acids is 1. The molecule has 0 aliphatic rings. The van der Waals surface area contributed by atoms with Gasteiger partial charge in [0.05, 0.1) is 20.6 Å². The molecule has 0 spiro atoms. The highest BCUT2D eigenvalue weighted by Crippen LogP contribution is 2.21. The summed E-state index contributed by atoms with van der Waals surface area (Å²) in [5.41, 5.74) is -0.735. The lowest BCUT2D eigenvalue weighted by Crippen LogP contribution is -2.60. The lowest BCUT2D eigenvalue weighted by atomic mass is 9.99. The van der Waals surface area contributed by atoms with E-state index in [2.05, 4.69) is 0 Å². The first-order valence-electron chi connectivity index (χ1n) is 7.43. The molecule has 2 N–H and O–H groups in total. The summed E-state index contributed by atoms with van der Waals surface area (Å²) in [5.74, 6) is -0.735. The van der Waals surface area contributed by atoms with E-state index in [1.165, 1.54) is 19.3 Å². The molecule has 0 unspecified atom stereocenters. The van der Waals surface area contributed by atoms with E-state index < -0.39 is 11.5 Å². The van der Waals surface area contributed by atoms with Crippen LogP contribution in [0.4, 0.5) is 0 Å². The normalized spacial score (nSPS) is 12.7. The predicted octanol–water partition coefficient (Wildman–Crippen LogP) is 2.65. The van der Waals surface area contributed by atoms with Crippen molar-refractivity contribution in [3.63, 3.8) is 0 Å². The quantitative estimate of drug-likeness (QED) is 0.450. The molecule has 0 aliphatic carbocycles. The van der Waals surface area contributed by atoms with Crippen LogP contribution in [0.5, 0.6) is 0 Å². The molecule has 0 aromatic rings. The second kappa shape index (κ2) is 8.54. The highest BCUT2D eigenvalue weighted by molar-refractivity contribution is 5.76. The summed E-state index contributed by atoms with van der Waals surface area (Å²) in [6, 6.07) is 0. The lowest BCUT2D eigenvalue weighted by molar-refractivity contribution is -0.928. The molecule has 0 fully saturated rings. The molecule has 0 saturated heterocycles. The number of likely N-dealkylation sites (N-methyl/N-ethyl adjacent to an activating group) is 1. The topological polar surface area (TPSA) is 57.5 Å². The first-order chi connectivity index (χ1) is 8.75. The Labute approximate surface area is 118 Å². The summed E-state index contributed by atoms with van der Waals surface area (Å²) < 4.78 is 0.521. The van der Waals surface area contributed by atoms with Crippen molar-refractivity contribution in [1.29, 1.82) is 0 Å². The number of unbranched alkanes of at least 4 members (excludes halogenated alkanes) is 6. The number of carboxylic acid groups (broad SMARTS) is 1. The van der Waals surface area contributed by atoms with Crippen LogP contribution in [0, 0.1) is 0 Å². The van der Waals surface area contributed by atoms with Crippen molar-refractivity contribution in [1.82, 2.24) is 0 Å². The van der Waals surface area contributed by atoms with Gasteiger partial charge < -0.3 is 14.7 Å². The Morgan fingerprint density at radius 2 is 1.37 bits per heavy atom. The molecule has 0 bridgehead atoms. The third-order valence-electron chi connectivity index (χ3n) is 4.41. The van der Waals surface area contributed by atoms with Crippen molar-refractivity contribution in [2.75, 3.05) is 27.2 Å². The number of hydrogen-bond acceptors (Lipinski definition) is 2. The average Bonchev–Trinajstić information content (AvgIpc) is 2.32. The molecule has 4 heteroatoms. The first-order valence-corrected chi connectivity index (χ1v) is 7.43. The van der Waals surface area contributed by atoms with Crippen LogP contribution < -0.4 is 0 Å². The van der Waals surface area contributed by atoms with Crippen LogP contribution in [0.25, 0.3) is 0 Å². The Morgan fingerprint density at radius 3 is 1.79 bits per heavy atom. The Bertz CT molecular complexity index is 262. The van der Waals surface area contributed by atoms with E-state index in [4.69, 9.17) is 5.11 Å². The van der Waals surface area contributed by atoms with Crippen molar-refractivity contribution < 1.29 is 19.5 Å². The summed E-state index contributed by atoms with van der Waals surface area (Å²) in [7, 11) is 3.99. The number of hydrogen-bond donors (Lipinski definition) is 2. The lowest BCUT2D eigenvalue weighted by Gasteiger charge is -2.41. The molecule has 4 nitrogen and oxygen atoms in total. The van der Waals surface area contributed by atoms with E-state index in [9.17, 15) is 9.90 Å². The van der Waals surface area contributed by atoms with E-state index in [0.717, 1.165) is 32.2 Å². The van der Waals surface area contributed by atoms with Gasteiger partial charge in [-0.25, -0.2) is 4.79 Å². The minimum atomic E-state index is -0.735. The van der Waals surface area contributed by atoms with Crippen LogP contribution in [0.1, 0.15) is 58.8 Å². The smallest absolute Gasteiger partial charge is 0.365 e. The predicted molar refractivity (Wildman–Crippen MR) is 78.1 cm³/mol. The fourth-order valence-corrected chi connectivity index (χ4v) is 2.04. The minimum absolute atomic E-state index is 0.302. The van der Waals surface area contributed by atoms with Gasteiger partial charge in [0, 0.05) is 20.5 Å². The van der Waals surface area contributed by atoms with Crippen molar-refractivity contribution in [3.8, 4) is 0 Å². The number of nitrogens with zero attached hydrogens (tertiary/aromatic N) is 1. The zero-order valence-electron chi connectivity index (χ0n) is 13.1. The standard InChI is InChI=1S/C15H31NO3/c1-15(2,14(18)19)16(3,4)12-10-8-6-5-7-9-11-13-17/h17H,5-13H2,1-4H3/p+1. The molecule has 0 aromatic heterocycles. The summed E-state index contributed by atoms with van der Waals surface area (Å²) in [6.07, 6.45) is 7.88. The van der Waals surface area contributed by atoms with E-state index in [-0.39, 0.29) is 0 Å². The van der Waals surface area contributed by atoms with E-state index in [0.29, 0.717) is 11.1 Å². The SMILES string of the molecule is CC(C)(C(=O)O)[N+](C)(C)CCCCCCCCCO. The third-order valence-corrected chi connectivity index (χ3v) is 4.41. The molecule has 19 heavy (non-hydrogen) atoms. The summed E-state index contributed by atoms with van der Waals surface area (Å²) in [6.45, 7) is 4.79. The Hall–Kier alpha value is -0.610. The van der Waals surface area contributed by atoms with Crippen LogP contribution in [-0.2, 0) is 4.79 Å². The summed E-state index contributed by atoms with van der Waals surface area (Å²) in [4.78, 5) is 11.3. The van der Waals surface area contributed by atoms with E-state index in [1.807, 2.05) is 14.1 Å². The fraction of sp³-hybridized carbons (Fsp3) is 0.933. The number of carbonyl (C=O) groups is 1. The molecular formula is C15H32NO3+. The van der Waals surface area contributed by atoms with Crippen LogP contribution in [0.2, 0.25) is 0 Å². The molecule has 0 rings (SSSR count). The Morgan fingerprint density at radius 1 is 0.947 bits per heavy atom. The van der Waals surface area contributed by atoms with Crippen molar-refractivity contribution in [2.45, 2.75) is 64.3 Å². The molecule has 0 heterocycles. The monoisotopic (exact) mass is 274 g/mol. The molecule has 114 valence electrons. The van der Waals surface area contributed by atoms with E-state index in [1.54, 1.807) is 13.8 Å². The average molecular weight is 274 g/mol. The maximum atomic E-state index is 11.3. The fourth-order valence-electron chi connectivity index (χ4n) is 2.04.